The van der Waals surface area contributed by atoms with Crippen LogP contribution in [-0.4, -0.2) is 342 Å². The Morgan fingerprint density at radius 3 is 1.03 bits per heavy atom. The van der Waals surface area contributed by atoms with Gasteiger partial charge in [-0.3, -0.25) is 111 Å². The van der Waals surface area contributed by atoms with Crippen LogP contribution in [0.4, 0.5) is 0 Å². The molecule has 39 nitrogen and oxygen atoms in total. The molecule has 0 bridgehead atoms. The summed E-state index contributed by atoms with van der Waals surface area (Å²) in [5.41, 5.74) is 1.14. The smallest absolute Gasteiger partial charge is 0.317 e. The maximum atomic E-state index is 14.2. The molecule has 0 saturated heterocycles. The third kappa shape index (κ3) is 38.6. The Hall–Kier alpha value is -9.54. The van der Waals surface area contributed by atoms with Gasteiger partial charge in [0.15, 0.2) is 0 Å². The van der Waals surface area contributed by atoms with E-state index in [0.717, 1.165) is 19.6 Å². The fraction of sp³-hybridized carbons (Fsp3) is 0.621. The number of carboxylic acids is 10. The van der Waals surface area contributed by atoms with E-state index < -0.39 is 244 Å². The van der Waals surface area contributed by atoms with E-state index in [4.69, 9.17) is 0 Å². The molecule has 0 aliphatic heterocycles. The Morgan fingerprint density at radius 2 is 0.711 bits per heavy atom. The predicted molar refractivity (Wildman–Crippen MR) is 334 cm³/mol. The molecule has 1 rings (SSSR count). The molecule has 1 aromatic rings. The van der Waals surface area contributed by atoms with E-state index >= 15 is 0 Å². The van der Waals surface area contributed by atoms with E-state index in [1.807, 2.05) is 20.8 Å². The van der Waals surface area contributed by atoms with Crippen LogP contribution in [0.15, 0.2) is 24.3 Å². The van der Waals surface area contributed by atoms with Gasteiger partial charge in [0.25, 0.3) is 0 Å². The van der Waals surface area contributed by atoms with Crippen LogP contribution in [0.2, 0.25) is 0 Å². The summed E-state index contributed by atoms with van der Waals surface area (Å²) in [6, 6.07) is 1.10. The van der Waals surface area contributed by atoms with Gasteiger partial charge in [-0.15, -0.1) is 0 Å². The second-order valence-electron chi connectivity index (χ2n) is 23.1. The summed E-state index contributed by atoms with van der Waals surface area (Å²) in [6.07, 6.45) is 0.840. The zero-order valence-corrected chi connectivity index (χ0v) is 54.6. The van der Waals surface area contributed by atoms with Crippen LogP contribution in [0.1, 0.15) is 58.6 Å². The molecule has 0 saturated carbocycles. The zero-order valence-electron chi connectivity index (χ0n) is 54.6. The first-order valence-electron chi connectivity index (χ1n) is 30.4. The maximum Gasteiger partial charge on any atom is 0.317 e. The molecule has 0 heterocycles. The van der Waals surface area contributed by atoms with E-state index in [9.17, 15) is 128 Å². The standard InChI is InChI=1S/C58H91N13O26/c1-6-36(4)54(63-37(5)72)58(97)64-40(19-35(2)3)55(94)62-21-39-9-7-38(8-10-39)20-61-43(73)24-65(13-11-59-56(95)41(70(31-50(86)87)32-51(88)89)22-66(25-44(74)75)15-17-68(27-46(78)79)28-47(80)81)14-12-60-57(96)42(71(33-52(90)91)34-53(92)93)23-67(26-45(76)77)16-18-69(29-48(82)83)30-49(84)85/h7-10,35-36,40-42,54H,6,11-34H2,1-5H3,(H,59,95)(H,60,96)(H,61,73)(H,62,94)(H,63,72)(H,64,97)(H,74,75)(H,76,77)(H,78,79)(H,80,81)(H,82,83)(H,84,85)(H,86,87)(H,88,89)(H,90,91)(H,92,93)/t36-,40+,41-,42-,54?/m1/s1. The molecule has 16 N–H and O–H groups in total. The molecule has 6 amide bonds. The molecule has 97 heavy (non-hydrogen) atoms. The Morgan fingerprint density at radius 1 is 0.381 bits per heavy atom. The fourth-order valence-electron chi connectivity index (χ4n) is 9.69. The van der Waals surface area contributed by atoms with E-state index in [-0.39, 0.29) is 44.4 Å². The van der Waals surface area contributed by atoms with Crippen molar-refractivity contribution in [1.29, 1.82) is 0 Å². The molecule has 0 fully saturated rings. The Balaban J connectivity index is 3.74. The average Bonchev–Trinajstić information content (AvgIpc) is 0.894. The minimum absolute atomic E-state index is 0.0132. The van der Waals surface area contributed by atoms with Gasteiger partial charge in [-0.25, -0.2) is 0 Å². The summed E-state index contributed by atoms with van der Waals surface area (Å²) in [4.78, 5) is 206. The maximum absolute atomic E-state index is 14.2. The summed E-state index contributed by atoms with van der Waals surface area (Å²) in [7, 11) is 0. The van der Waals surface area contributed by atoms with Gasteiger partial charge in [-0.2, -0.15) is 0 Å². The number of carbonyl (C=O) groups excluding carboxylic acids is 6. The molecule has 0 aliphatic carbocycles. The summed E-state index contributed by atoms with van der Waals surface area (Å²) in [5, 5.41) is 112. The SMILES string of the molecule is CC[C@@H](C)C(NC(C)=O)C(=O)N[C@@H](CC(C)C)C(=O)NCc1ccc(CNC(=O)CN(CCNC(=O)[C@@H](CN(CCN(CC(=O)O)CC(=O)O)CC(=O)O)N(CC(=O)O)CC(=O)O)CCNC(=O)[C@@H](CN(CCN(CC(=O)O)CC(=O)O)CC(=O)O)N(CC(=O)O)CC(=O)O)cc1. The van der Waals surface area contributed by atoms with Crippen molar-refractivity contribution in [2.24, 2.45) is 11.8 Å². The first-order valence-corrected chi connectivity index (χ1v) is 30.4. The second-order valence-corrected chi connectivity index (χ2v) is 23.1. The molecule has 5 atom stereocenters. The number of benzene rings is 1. The number of carbonyl (C=O) groups is 16. The molecule has 0 aliphatic rings. The van der Waals surface area contributed by atoms with Crippen LogP contribution >= 0.6 is 0 Å². The van der Waals surface area contributed by atoms with Crippen LogP contribution in [0.5, 0.6) is 0 Å². The lowest BCUT2D eigenvalue weighted by Gasteiger charge is -2.33. The fourth-order valence-corrected chi connectivity index (χ4v) is 9.69. The summed E-state index contributed by atoms with van der Waals surface area (Å²) >= 11 is 0. The van der Waals surface area contributed by atoms with Gasteiger partial charge < -0.3 is 83.0 Å². The number of amides is 6. The lowest BCUT2D eigenvalue weighted by atomic mass is 9.96. The van der Waals surface area contributed by atoms with Crippen molar-refractivity contribution < 1.29 is 128 Å². The number of rotatable bonds is 54. The number of hydrogen-bond donors (Lipinski definition) is 16. The van der Waals surface area contributed by atoms with E-state index in [2.05, 4.69) is 31.9 Å². The van der Waals surface area contributed by atoms with E-state index in [1.165, 1.54) is 11.8 Å². The number of nitrogens with zero attached hydrogens (tertiary/aromatic N) is 7. The van der Waals surface area contributed by atoms with Gasteiger partial charge in [-0.05, 0) is 29.4 Å². The molecule has 39 heteroatoms. The molecule has 1 unspecified atom stereocenters. The third-order valence-corrected chi connectivity index (χ3v) is 14.3. The second kappa shape index (κ2) is 45.0. The minimum atomic E-state index is -1.81. The van der Waals surface area contributed by atoms with Gasteiger partial charge in [0.05, 0.1) is 72.0 Å². The quantitative estimate of drug-likeness (QED) is 0.0289. The molecular formula is C58H91N13O26. The Bertz CT molecular complexity index is 2680. The van der Waals surface area contributed by atoms with Crippen molar-refractivity contribution in [2.45, 2.75) is 84.7 Å². The summed E-state index contributed by atoms with van der Waals surface area (Å²) in [6.45, 7) is -6.45. The molecule has 1 aromatic carbocycles. The minimum Gasteiger partial charge on any atom is -0.480 e. The number of nitrogens with one attached hydrogen (secondary N) is 6. The van der Waals surface area contributed by atoms with Crippen molar-refractivity contribution in [3.05, 3.63) is 35.4 Å². The number of carboxylic acid groups (broad SMARTS) is 10. The summed E-state index contributed by atoms with van der Waals surface area (Å²) in [5.74, 6) is -20.0. The first-order chi connectivity index (χ1) is 45.4. The highest BCUT2D eigenvalue weighted by Gasteiger charge is 2.35. The van der Waals surface area contributed by atoms with Crippen molar-refractivity contribution in [3.63, 3.8) is 0 Å². The molecule has 0 spiro atoms. The molecule has 0 aromatic heterocycles. The van der Waals surface area contributed by atoms with Gasteiger partial charge >= 0.3 is 59.7 Å². The van der Waals surface area contributed by atoms with E-state index in [1.54, 1.807) is 31.2 Å². The van der Waals surface area contributed by atoms with Crippen LogP contribution in [0.25, 0.3) is 0 Å². The van der Waals surface area contributed by atoms with Crippen LogP contribution < -0.4 is 31.9 Å². The first kappa shape index (κ1) is 85.5. The predicted octanol–water partition coefficient (Wildman–Crippen LogP) is -6.07. The van der Waals surface area contributed by atoms with Crippen LogP contribution in [0, 0.1) is 11.8 Å². The van der Waals surface area contributed by atoms with Crippen molar-refractivity contribution in [3.8, 4) is 0 Å². The number of hydrogen-bond acceptors (Lipinski definition) is 23. The lowest BCUT2D eigenvalue weighted by Crippen LogP contribution is -2.57. The topological polar surface area (TPSA) is 570 Å². The number of aliphatic carboxylic acids is 10. The highest BCUT2D eigenvalue weighted by Crippen LogP contribution is 2.13. The van der Waals surface area contributed by atoms with Crippen molar-refractivity contribution in [2.75, 3.05) is 137 Å². The highest BCUT2D eigenvalue weighted by molar-refractivity contribution is 5.92. The average molecular weight is 1390 g/mol. The monoisotopic (exact) mass is 1390 g/mol. The van der Waals surface area contributed by atoms with Crippen LogP contribution in [0.3, 0.4) is 0 Å². The highest BCUT2D eigenvalue weighted by atomic mass is 16.4. The normalized spacial score (nSPS) is 13.0. The molecular weight excluding hydrogens is 1290 g/mol. The van der Waals surface area contributed by atoms with Gasteiger partial charge in [0.1, 0.15) is 24.2 Å². The Labute approximate surface area is 557 Å². The lowest BCUT2D eigenvalue weighted by molar-refractivity contribution is -0.147. The van der Waals surface area contributed by atoms with E-state index in [0.29, 0.717) is 27.3 Å². The molecule has 0 radical (unpaired) electrons. The van der Waals surface area contributed by atoms with Crippen molar-refractivity contribution in [1.82, 2.24) is 66.2 Å². The van der Waals surface area contributed by atoms with Gasteiger partial charge in [0.2, 0.25) is 35.4 Å². The van der Waals surface area contributed by atoms with Crippen molar-refractivity contribution >= 4 is 95.1 Å². The molecule has 544 valence electrons. The van der Waals surface area contributed by atoms with Crippen LogP contribution in [-0.2, 0) is 89.8 Å². The summed E-state index contributed by atoms with van der Waals surface area (Å²) < 4.78 is 0. The third-order valence-electron chi connectivity index (χ3n) is 14.3. The van der Waals surface area contributed by atoms with Gasteiger partial charge in [0, 0.05) is 85.5 Å². The zero-order chi connectivity index (χ0) is 73.6. The van der Waals surface area contributed by atoms with Gasteiger partial charge in [-0.1, -0.05) is 58.4 Å². The largest absolute Gasteiger partial charge is 0.480 e. The Kier molecular flexibility index (Phi) is 39.7.